The molecule has 7 nitrogen and oxygen atoms in total. The number of aliphatic hydroxyl groups excluding tert-OH is 2. The smallest absolute Gasteiger partial charge is 0.113 e. The van der Waals surface area contributed by atoms with Crippen molar-refractivity contribution in [1.82, 2.24) is 0 Å². The molecule has 2 aliphatic rings. The third-order valence-electron chi connectivity index (χ3n) is 2.81. The van der Waals surface area contributed by atoms with Crippen LogP contribution >= 0.6 is 0 Å². The highest BCUT2D eigenvalue weighted by molar-refractivity contribution is 4.97. The Morgan fingerprint density at radius 2 is 2.27 bits per heavy atom. The number of nitrogens with zero attached hydrogens (tertiary/aromatic N) is 3. The van der Waals surface area contributed by atoms with E-state index in [2.05, 4.69) is 10.0 Å². The average molecular weight is 215 g/mol. The Kier molecular flexibility index (Phi) is 3.08. The molecular formula is C8H13N3O4. The molecule has 0 amide bonds. The summed E-state index contributed by atoms with van der Waals surface area (Å²) in [6.07, 6.45) is -1.55. The minimum atomic E-state index is -0.795. The summed E-state index contributed by atoms with van der Waals surface area (Å²) in [4.78, 5) is 2.64. The fraction of sp³-hybridized carbons (Fsp3) is 1.00. The minimum Gasteiger partial charge on any atom is -0.394 e. The van der Waals surface area contributed by atoms with Crippen LogP contribution < -0.4 is 0 Å². The summed E-state index contributed by atoms with van der Waals surface area (Å²) in [6.45, 7) is 0.0436. The Hall–Kier alpha value is -0.850. The molecule has 0 aromatic rings. The summed E-state index contributed by atoms with van der Waals surface area (Å²) in [5, 5.41) is 22.0. The molecule has 0 unspecified atom stereocenters. The Bertz CT molecular complexity index is 281. The lowest BCUT2D eigenvalue weighted by molar-refractivity contribution is -0.0500. The number of hydrogen-bond acceptors (Lipinski definition) is 5. The predicted molar refractivity (Wildman–Crippen MR) is 49.0 cm³/mol. The van der Waals surface area contributed by atoms with Gasteiger partial charge in [0.2, 0.25) is 0 Å². The Balaban J connectivity index is 1.92. The van der Waals surface area contributed by atoms with Gasteiger partial charge < -0.3 is 19.7 Å². The molecule has 5 atom stereocenters. The molecule has 0 radical (unpaired) electrons. The minimum absolute atomic E-state index is 0.190. The summed E-state index contributed by atoms with van der Waals surface area (Å²) >= 11 is 0. The number of hydrogen-bond donors (Lipinski definition) is 2. The molecule has 2 aliphatic heterocycles. The van der Waals surface area contributed by atoms with E-state index < -0.39 is 18.3 Å². The van der Waals surface area contributed by atoms with Gasteiger partial charge in [-0.3, -0.25) is 0 Å². The lowest BCUT2D eigenvalue weighted by Gasteiger charge is -2.16. The maximum absolute atomic E-state index is 9.69. The second-order valence-corrected chi connectivity index (χ2v) is 3.76. The van der Waals surface area contributed by atoms with E-state index in [0.717, 1.165) is 0 Å². The van der Waals surface area contributed by atoms with Crippen molar-refractivity contribution in [1.29, 1.82) is 0 Å². The van der Waals surface area contributed by atoms with Gasteiger partial charge in [-0.25, -0.2) is 0 Å². The maximum Gasteiger partial charge on any atom is 0.113 e. The van der Waals surface area contributed by atoms with E-state index in [4.69, 9.17) is 20.1 Å². The van der Waals surface area contributed by atoms with Gasteiger partial charge in [-0.1, -0.05) is 5.11 Å². The van der Waals surface area contributed by atoms with Gasteiger partial charge in [0.1, 0.15) is 18.3 Å². The third-order valence-corrected chi connectivity index (χ3v) is 2.81. The summed E-state index contributed by atoms with van der Waals surface area (Å²) in [6, 6.07) is 0. The van der Waals surface area contributed by atoms with Gasteiger partial charge in [0.15, 0.2) is 0 Å². The summed E-state index contributed by atoms with van der Waals surface area (Å²) < 4.78 is 10.9. The predicted octanol–water partition coefficient (Wildman–Crippen LogP) is -0.425. The molecule has 2 heterocycles. The summed E-state index contributed by atoms with van der Waals surface area (Å²) in [5.74, 6) is 0. The van der Waals surface area contributed by atoms with Gasteiger partial charge in [-0.2, -0.15) is 0 Å². The molecule has 2 N–H and O–H groups in total. The van der Waals surface area contributed by atoms with Gasteiger partial charge in [0.25, 0.3) is 0 Å². The number of aliphatic hydroxyl groups is 2. The van der Waals surface area contributed by atoms with Crippen LogP contribution in [0, 0.1) is 0 Å². The second kappa shape index (κ2) is 4.34. The van der Waals surface area contributed by atoms with Crippen molar-refractivity contribution in [3.8, 4) is 0 Å². The van der Waals surface area contributed by atoms with Crippen LogP contribution in [0.1, 0.15) is 6.42 Å². The first-order valence-corrected chi connectivity index (χ1v) is 4.87. The van der Waals surface area contributed by atoms with E-state index in [0.29, 0.717) is 6.42 Å². The fourth-order valence-electron chi connectivity index (χ4n) is 2.10. The van der Waals surface area contributed by atoms with Crippen molar-refractivity contribution in [2.24, 2.45) is 5.11 Å². The van der Waals surface area contributed by atoms with Crippen LogP contribution in [0.4, 0.5) is 0 Å². The molecule has 0 bridgehead atoms. The number of ether oxygens (including phenoxy) is 2. The van der Waals surface area contributed by atoms with Crippen molar-refractivity contribution in [3.05, 3.63) is 10.4 Å². The van der Waals surface area contributed by atoms with Crippen LogP contribution in [0.2, 0.25) is 0 Å². The normalized spacial score (nSPS) is 43.7. The molecule has 2 rings (SSSR count). The van der Waals surface area contributed by atoms with E-state index in [9.17, 15) is 5.11 Å². The molecule has 0 saturated carbocycles. The summed E-state index contributed by atoms with van der Waals surface area (Å²) in [5.41, 5.74) is 8.15. The van der Waals surface area contributed by atoms with Crippen molar-refractivity contribution < 1.29 is 19.7 Å². The molecular weight excluding hydrogens is 202 g/mol. The molecule has 84 valence electrons. The van der Waals surface area contributed by atoms with Crippen LogP contribution in [0.3, 0.4) is 0 Å². The van der Waals surface area contributed by atoms with Gasteiger partial charge >= 0.3 is 0 Å². The third kappa shape index (κ3) is 1.92. The zero-order valence-electron chi connectivity index (χ0n) is 8.06. The van der Waals surface area contributed by atoms with Gasteiger partial charge in [0, 0.05) is 11.3 Å². The highest BCUT2D eigenvalue weighted by Crippen LogP contribution is 2.34. The van der Waals surface area contributed by atoms with Crippen LogP contribution in [0.5, 0.6) is 0 Å². The lowest BCUT2D eigenvalue weighted by atomic mass is 10.1. The van der Waals surface area contributed by atoms with Gasteiger partial charge in [-0.05, 0) is 5.53 Å². The molecule has 2 saturated heterocycles. The second-order valence-electron chi connectivity index (χ2n) is 3.76. The first-order chi connectivity index (χ1) is 7.26. The lowest BCUT2D eigenvalue weighted by Crippen LogP contribution is -2.34. The average Bonchev–Trinajstić information content (AvgIpc) is 2.75. The molecule has 0 spiro atoms. The van der Waals surface area contributed by atoms with Crippen molar-refractivity contribution in [3.63, 3.8) is 0 Å². The first kappa shape index (κ1) is 10.7. The van der Waals surface area contributed by atoms with E-state index >= 15 is 0 Å². The number of rotatable bonds is 3. The molecule has 0 aromatic carbocycles. The standard InChI is InChI=1S/C8H13N3O4/c9-11-10-2-4-1-5-8(14-4)7(13)6(3-12)15-5/h4-8,12-13H,1-3H2/t4-,5-,6+,7+,8+/m0/s1. The molecule has 15 heavy (non-hydrogen) atoms. The maximum atomic E-state index is 9.69. The number of fused-ring (bicyclic) bond motifs is 1. The van der Waals surface area contributed by atoms with Gasteiger partial charge in [-0.15, -0.1) is 0 Å². The van der Waals surface area contributed by atoms with E-state index in [1.807, 2.05) is 0 Å². The van der Waals surface area contributed by atoms with E-state index in [-0.39, 0.29) is 25.4 Å². The topological polar surface area (TPSA) is 108 Å². The van der Waals surface area contributed by atoms with Gasteiger partial charge in [0.05, 0.1) is 25.4 Å². The first-order valence-electron chi connectivity index (χ1n) is 4.87. The van der Waals surface area contributed by atoms with Crippen molar-refractivity contribution in [2.45, 2.75) is 36.9 Å². The summed E-state index contributed by atoms with van der Waals surface area (Å²) in [7, 11) is 0. The largest absolute Gasteiger partial charge is 0.394 e. The Morgan fingerprint density at radius 1 is 1.47 bits per heavy atom. The molecule has 7 heteroatoms. The zero-order chi connectivity index (χ0) is 10.8. The van der Waals surface area contributed by atoms with Crippen LogP contribution in [-0.4, -0.2) is 53.9 Å². The van der Waals surface area contributed by atoms with Crippen LogP contribution in [0.15, 0.2) is 5.11 Å². The monoisotopic (exact) mass is 215 g/mol. The fourth-order valence-corrected chi connectivity index (χ4v) is 2.10. The Labute approximate surface area is 86.2 Å². The number of azide groups is 1. The molecule has 2 fully saturated rings. The molecule has 0 aliphatic carbocycles. The highest BCUT2D eigenvalue weighted by atomic mass is 16.6. The van der Waals surface area contributed by atoms with E-state index in [1.54, 1.807) is 0 Å². The van der Waals surface area contributed by atoms with E-state index in [1.165, 1.54) is 0 Å². The van der Waals surface area contributed by atoms with Crippen molar-refractivity contribution in [2.75, 3.05) is 13.2 Å². The van der Waals surface area contributed by atoms with Crippen LogP contribution in [-0.2, 0) is 9.47 Å². The Morgan fingerprint density at radius 3 is 2.87 bits per heavy atom. The SMILES string of the molecule is [N-]=[N+]=NC[C@@H]1C[C@@H]2O[C@H](CO)[C@@H](O)[C@@H]2O1. The quantitative estimate of drug-likeness (QED) is 0.378. The zero-order valence-corrected chi connectivity index (χ0v) is 8.06. The van der Waals surface area contributed by atoms with Crippen molar-refractivity contribution >= 4 is 0 Å². The molecule has 0 aromatic heterocycles. The highest BCUT2D eigenvalue weighted by Gasteiger charge is 2.49. The van der Waals surface area contributed by atoms with Crippen LogP contribution in [0.25, 0.3) is 10.4 Å².